The number of amides is 2. The van der Waals surface area contributed by atoms with Crippen LogP contribution in [0.15, 0.2) is 58.6 Å². The second kappa shape index (κ2) is 7.29. The summed E-state index contributed by atoms with van der Waals surface area (Å²) in [6.07, 6.45) is 4.50. The van der Waals surface area contributed by atoms with Crippen molar-refractivity contribution >= 4 is 40.6 Å². The second-order valence-electron chi connectivity index (χ2n) is 9.46. The molecule has 7 nitrogen and oxygen atoms in total. The lowest BCUT2D eigenvalue weighted by Gasteiger charge is -2.42. The van der Waals surface area contributed by atoms with E-state index in [1.165, 1.54) is 16.2 Å². The van der Waals surface area contributed by atoms with Crippen LogP contribution in [0.25, 0.3) is 0 Å². The maximum atomic E-state index is 13.7. The molecule has 7 rings (SSSR count). The highest BCUT2D eigenvalue weighted by molar-refractivity contribution is 8.00. The lowest BCUT2D eigenvalue weighted by atomic mass is 9.68. The van der Waals surface area contributed by atoms with E-state index in [1.807, 2.05) is 12.3 Å². The molecule has 4 aliphatic rings. The Morgan fingerprint density at radius 2 is 1.82 bits per heavy atom. The van der Waals surface area contributed by atoms with Gasteiger partial charge in [-0.3, -0.25) is 24.3 Å². The van der Waals surface area contributed by atoms with Crippen molar-refractivity contribution in [2.75, 3.05) is 12.0 Å². The Bertz CT molecular complexity index is 1370. The minimum atomic E-state index is -0.308. The summed E-state index contributed by atoms with van der Waals surface area (Å²) in [4.78, 5) is 49.4. The van der Waals surface area contributed by atoms with Gasteiger partial charge in [0.1, 0.15) is 5.75 Å². The molecule has 2 bridgehead atoms. The average molecular weight is 492 g/mol. The van der Waals surface area contributed by atoms with Crippen molar-refractivity contribution in [3.05, 3.63) is 68.9 Å². The molecule has 4 heterocycles. The summed E-state index contributed by atoms with van der Waals surface area (Å²) >= 11 is 2.96. The molecule has 1 aromatic carbocycles. The van der Waals surface area contributed by atoms with Crippen molar-refractivity contribution in [1.29, 1.82) is 0 Å². The zero-order valence-electron chi connectivity index (χ0n) is 18.2. The van der Waals surface area contributed by atoms with Gasteiger partial charge >= 0.3 is 4.87 Å². The number of hydrogen-bond acceptors (Lipinski definition) is 7. The highest BCUT2D eigenvalue weighted by atomic mass is 32.2. The number of aromatic nitrogens is 2. The van der Waals surface area contributed by atoms with Crippen LogP contribution < -0.4 is 14.5 Å². The Kier molecular flexibility index (Phi) is 4.39. The standard InChI is InChI=1S/C25H21N3O4S2/c1-32-13-6-4-12(5-7-13)28-23(29)18-14-9-15(19(18)24(28)30)20-17(14)16(11-3-2-8-26-10-11)21-22(33-20)27-25(31)34-21/h2-8,10,14-20H,9H2,1H3,(H,27,31)/t14-,15-,16-,17-,18+,19-,20-/m1/s1. The Morgan fingerprint density at radius 3 is 2.53 bits per heavy atom. The minimum absolute atomic E-state index is 0.00721. The van der Waals surface area contributed by atoms with Crippen LogP contribution in [0.3, 0.4) is 0 Å². The monoisotopic (exact) mass is 491 g/mol. The van der Waals surface area contributed by atoms with Crippen LogP contribution in [0.5, 0.6) is 5.75 Å². The average Bonchev–Trinajstić information content (AvgIpc) is 3.58. The minimum Gasteiger partial charge on any atom is -0.497 e. The number of carbonyl (C=O) groups excluding carboxylic acids is 2. The molecule has 172 valence electrons. The number of hydrogen-bond donors (Lipinski definition) is 1. The lowest BCUT2D eigenvalue weighted by molar-refractivity contribution is -0.123. The van der Waals surface area contributed by atoms with Crippen LogP contribution in [0, 0.1) is 29.6 Å². The highest BCUT2D eigenvalue weighted by Gasteiger charge is 2.69. The van der Waals surface area contributed by atoms with Gasteiger partial charge in [0.05, 0.1) is 29.7 Å². The number of benzene rings is 1. The molecule has 0 spiro atoms. The molecular weight excluding hydrogens is 470 g/mol. The number of nitrogens with zero attached hydrogens (tertiary/aromatic N) is 2. The summed E-state index contributed by atoms with van der Waals surface area (Å²) < 4.78 is 5.23. The Balaban J connectivity index is 1.30. The summed E-state index contributed by atoms with van der Waals surface area (Å²) in [5, 5.41) is 1.10. The number of nitrogens with one attached hydrogen (secondary N) is 1. The number of thioether (sulfide) groups is 1. The van der Waals surface area contributed by atoms with Crippen LogP contribution in [-0.4, -0.2) is 34.1 Å². The molecule has 34 heavy (non-hydrogen) atoms. The summed E-state index contributed by atoms with van der Waals surface area (Å²) in [7, 11) is 1.59. The fraction of sp³-hybridized carbons (Fsp3) is 0.360. The van der Waals surface area contributed by atoms with Crippen molar-refractivity contribution in [3.63, 3.8) is 0 Å². The lowest BCUT2D eigenvalue weighted by Crippen LogP contribution is -2.42. The molecule has 2 saturated carbocycles. The van der Waals surface area contributed by atoms with Crippen LogP contribution in [0.2, 0.25) is 0 Å². The van der Waals surface area contributed by atoms with Gasteiger partial charge in [0.25, 0.3) is 0 Å². The molecule has 9 heteroatoms. The van der Waals surface area contributed by atoms with Crippen molar-refractivity contribution in [2.45, 2.75) is 22.6 Å². The smallest absolute Gasteiger partial charge is 0.305 e. The van der Waals surface area contributed by atoms with Gasteiger partial charge in [0, 0.05) is 28.4 Å². The molecular formula is C25H21N3O4S2. The summed E-state index contributed by atoms with van der Waals surface area (Å²) in [5.74, 6) is 0.309. The van der Waals surface area contributed by atoms with Gasteiger partial charge in [-0.05, 0) is 60.1 Å². The van der Waals surface area contributed by atoms with Crippen LogP contribution >= 0.6 is 23.1 Å². The summed E-state index contributed by atoms with van der Waals surface area (Å²) in [6.45, 7) is 0. The topological polar surface area (TPSA) is 92.4 Å². The van der Waals surface area contributed by atoms with E-state index in [0.717, 1.165) is 21.9 Å². The van der Waals surface area contributed by atoms with Gasteiger partial charge < -0.3 is 9.72 Å². The van der Waals surface area contributed by atoms with Crippen molar-refractivity contribution in [1.82, 2.24) is 9.97 Å². The molecule has 1 N–H and O–H groups in total. The molecule has 7 atom stereocenters. The number of ether oxygens (including phenoxy) is 1. The summed E-state index contributed by atoms with van der Waals surface area (Å²) in [6, 6.07) is 11.1. The highest BCUT2D eigenvalue weighted by Crippen LogP contribution is 2.68. The van der Waals surface area contributed by atoms with Crippen molar-refractivity contribution < 1.29 is 14.3 Å². The van der Waals surface area contributed by atoms with Crippen LogP contribution in [0.4, 0.5) is 5.69 Å². The SMILES string of the molecule is COc1ccc(N2C(=O)[C@@H]3[C@H]4C[C@@H]([C@@H]3C2=O)[C@@H]2[C@@H](c3cccnc3)c3sc(=O)[nH]c3S[C@H]42)cc1. The molecule has 2 aliphatic carbocycles. The van der Waals surface area contributed by atoms with E-state index in [0.29, 0.717) is 11.4 Å². The largest absolute Gasteiger partial charge is 0.497 e. The first-order valence-electron chi connectivity index (χ1n) is 11.4. The number of anilines is 1. The zero-order chi connectivity index (χ0) is 23.1. The number of carbonyl (C=O) groups is 2. The molecule has 3 aromatic rings. The predicted molar refractivity (Wildman–Crippen MR) is 128 cm³/mol. The zero-order valence-corrected chi connectivity index (χ0v) is 19.8. The number of thiazole rings is 1. The number of aromatic amines is 1. The second-order valence-corrected chi connectivity index (χ2v) is 11.7. The van der Waals surface area contributed by atoms with E-state index < -0.39 is 0 Å². The normalized spacial score (nSPS) is 33.1. The molecule has 2 aromatic heterocycles. The number of imide groups is 1. The maximum absolute atomic E-state index is 13.7. The Hall–Kier alpha value is -2.91. The van der Waals surface area contributed by atoms with E-state index >= 15 is 0 Å². The van der Waals surface area contributed by atoms with Gasteiger partial charge in [-0.15, -0.1) is 11.8 Å². The quantitative estimate of drug-likeness (QED) is 0.564. The van der Waals surface area contributed by atoms with E-state index in [4.69, 9.17) is 4.74 Å². The Morgan fingerprint density at radius 1 is 1.06 bits per heavy atom. The first kappa shape index (κ1) is 20.5. The van der Waals surface area contributed by atoms with Gasteiger partial charge in [-0.25, -0.2) is 0 Å². The van der Waals surface area contributed by atoms with E-state index in [9.17, 15) is 14.4 Å². The molecule has 2 aliphatic heterocycles. The molecule has 0 radical (unpaired) electrons. The Labute approximate surface area is 203 Å². The van der Waals surface area contributed by atoms with Crippen LogP contribution in [0.1, 0.15) is 22.8 Å². The van der Waals surface area contributed by atoms with E-state index in [-0.39, 0.29) is 57.4 Å². The molecule has 1 saturated heterocycles. The summed E-state index contributed by atoms with van der Waals surface area (Å²) in [5.41, 5.74) is 1.68. The van der Waals surface area contributed by atoms with Crippen molar-refractivity contribution in [3.8, 4) is 5.75 Å². The number of pyridine rings is 1. The van der Waals surface area contributed by atoms with E-state index in [2.05, 4.69) is 16.0 Å². The van der Waals surface area contributed by atoms with Gasteiger partial charge in [0.15, 0.2) is 0 Å². The fourth-order valence-electron chi connectivity index (χ4n) is 6.94. The fourth-order valence-corrected chi connectivity index (χ4v) is 9.82. The predicted octanol–water partition coefficient (Wildman–Crippen LogP) is 3.52. The first-order valence-corrected chi connectivity index (χ1v) is 13.1. The number of methoxy groups -OCH3 is 1. The molecule has 0 unspecified atom stereocenters. The number of rotatable bonds is 3. The molecule has 2 amide bonds. The van der Waals surface area contributed by atoms with Crippen LogP contribution in [-0.2, 0) is 9.59 Å². The third kappa shape index (κ3) is 2.65. The maximum Gasteiger partial charge on any atom is 0.305 e. The molecule has 3 fully saturated rings. The third-order valence-corrected chi connectivity index (χ3v) is 10.7. The van der Waals surface area contributed by atoms with Gasteiger partial charge in [0.2, 0.25) is 11.8 Å². The van der Waals surface area contributed by atoms with Crippen molar-refractivity contribution in [2.24, 2.45) is 29.6 Å². The van der Waals surface area contributed by atoms with Gasteiger partial charge in [-0.2, -0.15) is 0 Å². The van der Waals surface area contributed by atoms with E-state index in [1.54, 1.807) is 49.3 Å². The van der Waals surface area contributed by atoms with Gasteiger partial charge in [-0.1, -0.05) is 17.4 Å². The third-order valence-electron chi connectivity index (χ3n) is 8.10. The first-order chi connectivity index (χ1) is 16.6. The number of fused-ring (bicyclic) bond motifs is 9. The number of H-pyrrole nitrogens is 1.